The normalized spacial score (nSPS) is 24.9. The van der Waals surface area contributed by atoms with Crippen LogP contribution in [0.15, 0.2) is 0 Å². The molecule has 1 fully saturated rings. The van der Waals surface area contributed by atoms with Crippen LogP contribution in [-0.2, 0) is 4.79 Å². The number of aliphatic hydroxyl groups is 1. The topological polar surface area (TPSA) is 37.3 Å². The van der Waals surface area contributed by atoms with Crippen LogP contribution in [0.3, 0.4) is 0 Å². The van der Waals surface area contributed by atoms with E-state index >= 15 is 0 Å². The SMILES string of the molecule is CC.CC.CC.CCC.CC[C@](C)(C=O)C(C)C1CCC(CCO)C(C)(C)C1C. The molecule has 2 heteroatoms. The van der Waals surface area contributed by atoms with Crippen LogP contribution >= 0.6 is 0 Å². The van der Waals surface area contributed by atoms with Crippen LogP contribution in [0, 0.1) is 34.5 Å². The molecule has 0 aromatic carbocycles. The highest BCUT2D eigenvalue weighted by Gasteiger charge is 2.47. The zero-order chi connectivity index (χ0) is 24.3. The Bertz CT molecular complexity index is 337. The summed E-state index contributed by atoms with van der Waals surface area (Å²) in [5.41, 5.74) is 0.0518. The standard InChI is InChI=1S/C18H34O2.C3H8.3C2H6/c1-7-18(6,12-20)14(3)16-9-8-15(10-11-19)17(4,5)13(16)2;1-3-2;3*1-2/h12-16,19H,7-11H2,1-6H3;3H2,1-2H3;3*1-2H3/t13?,14?,15?,16?,18-;;;;/m1..../s1. The Hall–Kier alpha value is -0.370. The van der Waals surface area contributed by atoms with E-state index in [1.807, 2.05) is 41.5 Å². The minimum absolute atomic E-state index is 0.196. The number of carbonyl (C=O) groups is 1. The number of aliphatic hydroxyl groups excluding tert-OH is 1. The largest absolute Gasteiger partial charge is 0.396 e. The molecule has 1 rings (SSSR count). The van der Waals surface area contributed by atoms with Gasteiger partial charge in [-0.05, 0) is 54.8 Å². The molecule has 0 spiro atoms. The van der Waals surface area contributed by atoms with Crippen LogP contribution < -0.4 is 0 Å². The zero-order valence-corrected chi connectivity index (χ0v) is 23.0. The lowest BCUT2D eigenvalue weighted by atomic mass is 9.53. The van der Waals surface area contributed by atoms with Crippen molar-refractivity contribution in [3.8, 4) is 0 Å². The van der Waals surface area contributed by atoms with Gasteiger partial charge < -0.3 is 9.90 Å². The zero-order valence-electron chi connectivity index (χ0n) is 23.0. The van der Waals surface area contributed by atoms with Gasteiger partial charge in [-0.2, -0.15) is 0 Å². The first-order valence-corrected chi connectivity index (χ1v) is 12.7. The third kappa shape index (κ3) is 11.6. The van der Waals surface area contributed by atoms with E-state index < -0.39 is 0 Å². The van der Waals surface area contributed by atoms with Gasteiger partial charge in [-0.3, -0.25) is 0 Å². The molecule has 0 aromatic rings. The first-order valence-electron chi connectivity index (χ1n) is 12.7. The second kappa shape index (κ2) is 20.9. The van der Waals surface area contributed by atoms with Gasteiger partial charge in [0.15, 0.2) is 0 Å². The van der Waals surface area contributed by atoms with E-state index in [1.165, 1.54) is 25.5 Å². The summed E-state index contributed by atoms with van der Waals surface area (Å²) in [6, 6.07) is 0. The Morgan fingerprint density at radius 1 is 1.03 bits per heavy atom. The maximum absolute atomic E-state index is 11.5. The maximum atomic E-state index is 11.5. The lowest BCUT2D eigenvalue weighted by molar-refractivity contribution is -0.122. The van der Waals surface area contributed by atoms with Gasteiger partial charge in [-0.15, -0.1) is 0 Å². The number of rotatable bonds is 6. The van der Waals surface area contributed by atoms with Gasteiger partial charge in [-0.25, -0.2) is 0 Å². The number of carbonyl (C=O) groups excluding carboxylic acids is 1. The molecule has 2 nitrogen and oxygen atoms in total. The van der Waals surface area contributed by atoms with E-state index in [1.54, 1.807) is 0 Å². The summed E-state index contributed by atoms with van der Waals surface area (Å²) in [6.45, 7) is 30.1. The van der Waals surface area contributed by atoms with Gasteiger partial charge in [0, 0.05) is 12.0 Å². The average molecular weight is 417 g/mol. The molecule has 180 valence electrons. The summed E-state index contributed by atoms with van der Waals surface area (Å²) < 4.78 is 0. The van der Waals surface area contributed by atoms with Crippen molar-refractivity contribution < 1.29 is 9.90 Å². The van der Waals surface area contributed by atoms with Gasteiger partial charge in [0.05, 0.1) is 0 Å². The predicted molar refractivity (Wildman–Crippen MR) is 134 cm³/mol. The molecule has 0 bridgehead atoms. The summed E-state index contributed by atoms with van der Waals surface area (Å²) in [5.74, 6) is 2.23. The monoisotopic (exact) mass is 416 g/mol. The van der Waals surface area contributed by atoms with Crippen LogP contribution in [0.4, 0.5) is 0 Å². The molecule has 0 amide bonds. The minimum Gasteiger partial charge on any atom is -0.396 e. The lowest BCUT2D eigenvalue weighted by Gasteiger charge is -2.52. The Labute approximate surface area is 186 Å². The predicted octanol–water partition coefficient (Wildman–Crippen LogP) is 8.80. The van der Waals surface area contributed by atoms with Gasteiger partial charge in [0.25, 0.3) is 0 Å². The molecule has 5 atom stereocenters. The summed E-state index contributed by atoms with van der Waals surface area (Å²) in [6.07, 6.45) is 6.64. The van der Waals surface area contributed by atoms with Crippen LogP contribution in [0.5, 0.6) is 0 Å². The maximum Gasteiger partial charge on any atom is 0.126 e. The molecule has 0 heterocycles. The van der Waals surface area contributed by atoms with Crippen molar-refractivity contribution in [2.45, 2.75) is 129 Å². The molecule has 0 radical (unpaired) electrons. The van der Waals surface area contributed by atoms with Crippen molar-refractivity contribution in [2.24, 2.45) is 34.5 Å². The van der Waals surface area contributed by atoms with E-state index in [9.17, 15) is 9.90 Å². The van der Waals surface area contributed by atoms with Crippen molar-refractivity contribution in [3.05, 3.63) is 0 Å². The number of aldehydes is 1. The summed E-state index contributed by atoms with van der Waals surface area (Å²) >= 11 is 0. The lowest BCUT2D eigenvalue weighted by Crippen LogP contribution is -2.46. The van der Waals surface area contributed by atoms with Crippen molar-refractivity contribution in [3.63, 3.8) is 0 Å². The fourth-order valence-corrected chi connectivity index (χ4v) is 4.30. The van der Waals surface area contributed by atoms with E-state index in [0.29, 0.717) is 30.3 Å². The van der Waals surface area contributed by atoms with Crippen molar-refractivity contribution >= 4 is 6.29 Å². The highest BCUT2D eigenvalue weighted by Crippen LogP contribution is 2.53. The Morgan fingerprint density at radius 3 is 1.76 bits per heavy atom. The van der Waals surface area contributed by atoms with E-state index in [-0.39, 0.29) is 10.8 Å². The third-order valence-electron chi connectivity index (χ3n) is 6.91. The van der Waals surface area contributed by atoms with Crippen molar-refractivity contribution in [2.75, 3.05) is 6.61 Å². The third-order valence-corrected chi connectivity index (χ3v) is 6.91. The number of hydrogen-bond donors (Lipinski definition) is 1. The molecule has 1 saturated carbocycles. The number of hydrogen-bond acceptors (Lipinski definition) is 2. The molecular formula is C27H60O2. The molecule has 1 aliphatic carbocycles. The van der Waals surface area contributed by atoms with Crippen LogP contribution in [-0.4, -0.2) is 18.0 Å². The fourth-order valence-electron chi connectivity index (χ4n) is 4.30. The fraction of sp³-hybridized carbons (Fsp3) is 0.963. The van der Waals surface area contributed by atoms with Crippen molar-refractivity contribution in [1.29, 1.82) is 0 Å². The first kappa shape index (κ1) is 36.0. The van der Waals surface area contributed by atoms with E-state index in [0.717, 1.165) is 12.8 Å². The minimum atomic E-state index is -0.196. The first-order chi connectivity index (χ1) is 13.7. The molecule has 4 unspecified atom stereocenters. The Kier molecular flexibility index (Phi) is 25.9. The van der Waals surface area contributed by atoms with Gasteiger partial charge >= 0.3 is 0 Å². The molecule has 0 aromatic heterocycles. The smallest absolute Gasteiger partial charge is 0.126 e. The van der Waals surface area contributed by atoms with Crippen LogP contribution in [0.25, 0.3) is 0 Å². The van der Waals surface area contributed by atoms with Crippen LogP contribution in [0.2, 0.25) is 0 Å². The van der Waals surface area contributed by atoms with Crippen LogP contribution in [0.1, 0.15) is 129 Å². The highest BCUT2D eigenvalue weighted by atomic mass is 16.3. The molecule has 1 aliphatic rings. The summed E-state index contributed by atoms with van der Waals surface area (Å²) in [4.78, 5) is 11.5. The highest BCUT2D eigenvalue weighted by molar-refractivity contribution is 5.59. The quantitative estimate of drug-likeness (QED) is 0.439. The Morgan fingerprint density at radius 2 is 1.45 bits per heavy atom. The summed E-state index contributed by atoms with van der Waals surface area (Å²) in [7, 11) is 0. The van der Waals surface area contributed by atoms with Crippen molar-refractivity contribution in [1.82, 2.24) is 0 Å². The molecular weight excluding hydrogens is 356 g/mol. The van der Waals surface area contributed by atoms with Gasteiger partial charge in [0.1, 0.15) is 6.29 Å². The van der Waals surface area contributed by atoms with E-state index in [4.69, 9.17) is 0 Å². The van der Waals surface area contributed by atoms with Gasteiger partial charge in [0.2, 0.25) is 0 Å². The average Bonchev–Trinajstić information content (AvgIpc) is 2.76. The molecule has 29 heavy (non-hydrogen) atoms. The van der Waals surface area contributed by atoms with Gasteiger partial charge in [-0.1, -0.05) is 103 Å². The molecule has 1 N–H and O–H groups in total. The second-order valence-corrected chi connectivity index (χ2v) is 8.53. The second-order valence-electron chi connectivity index (χ2n) is 8.53. The molecule has 0 saturated heterocycles. The van der Waals surface area contributed by atoms with E-state index in [2.05, 4.69) is 55.4 Å². The summed E-state index contributed by atoms with van der Waals surface area (Å²) in [5, 5.41) is 9.27. The molecule has 0 aliphatic heterocycles. The Balaban J connectivity index is -0.000000301.